The highest BCUT2D eigenvalue weighted by Crippen LogP contribution is 2.26. The average molecular weight is 256 g/mol. The number of anilines is 1. The van der Waals surface area contributed by atoms with Crippen molar-refractivity contribution in [3.8, 4) is 11.8 Å². The Hall–Kier alpha value is -2.12. The van der Waals surface area contributed by atoms with Gasteiger partial charge in [0.1, 0.15) is 0 Å². The van der Waals surface area contributed by atoms with E-state index in [2.05, 4.69) is 11.8 Å². The molecule has 2 rings (SSSR count). The van der Waals surface area contributed by atoms with E-state index in [1.807, 2.05) is 19.1 Å². The van der Waals surface area contributed by atoms with Crippen LogP contribution in [0.2, 0.25) is 0 Å². The van der Waals surface area contributed by atoms with Gasteiger partial charge in [-0.1, -0.05) is 17.9 Å². The first-order valence-electron chi connectivity index (χ1n) is 6.29. The van der Waals surface area contributed by atoms with Crippen molar-refractivity contribution in [3.63, 3.8) is 0 Å². The van der Waals surface area contributed by atoms with Crippen molar-refractivity contribution in [1.29, 1.82) is 0 Å². The van der Waals surface area contributed by atoms with Crippen molar-refractivity contribution >= 4 is 17.5 Å². The van der Waals surface area contributed by atoms with Crippen molar-refractivity contribution in [3.05, 3.63) is 29.3 Å². The normalized spacial score (nSPS) is 15.2. The topological polar surface area (TPSA) is 63.4 Å². The number of hydrogen-bond donors (Lipinski definition) is 1. The van der Waals surface area contributed by atoms with Crippen LogP contribution >= 0.6 is 0 Å². The number of rotatable bonds is 1. The van der Waals surface area contributed by atoms with E-state index in [1.165, 1.54) is 4.90 Å². The van der Waals surface area contributed by atoms with Crippen LogP contribution in [0.3, 0.4) is 0 Å². The molecule has 2 amide bonds. The van der Waals surface area contributed by atoms with Gasteiger partial charge in [0.2, 0.25) is 11.8 Å². The van der Waals surface area contributed by atoms with E-state index in [1.54, 1.807) is 6.07 Å². The van der Waals surface area contributed by atoms with Crippen molar-refractivity contribution in [2.45, 2.75) is 26.2 Å². The Bertz CT molecular complexity index is 566. The van der Waals surface area contributed by atoms with Gasteiger partial charge in [0.25, 0.3) is 0 Å². The number of aryl methyl sites for hydroxylation is 1. The molecule has 1 fully saturated rings. The minimum Gasteiger partial charge on any atom is -0.320 e. The highest BCUT2D eigenvalue weighted by molar-refractivity contribution is 6.16. The third-order valence-corrected chi connectivity index (χ3v) is 3.06. The van der Waals surface area contributed by atoms with Gasteiger partial charge in [-0.15, -0.1) is 0 Å². The highest BCUT2D eigenvalue weighted by Gasteiger charge is 2.28. The first kappa shape index (κ1) is 13.3. The van der Waals surface area contributed by atoms with Crippen molar-refractivity contribution in [2.75, 3.05) is 11.4 Å². The molecule has 1 heterocycles. The fraction of sp³-hybridized carbons (Fsp3) is 0.333. The zero-order valence-electron chi connectivity index (χ0n) is 10.9. The summed E-state index contributed by atoms with van der Waals surface area (Å²) in [6.07, 6.45) is 1.48. The molecule has 0 unspecified atom stereocenters. The summed E-state index contributed by atoms with van der Waals surface area (Å²) in [5.41, 5.74) is 7.63. The van der Waals surface area contributed by atoms with Crippen LogP contribution in [0.5, 0.6) is 0 Å². The molecule has 1 aliphatic heterocycles. The molecule has 98 valence electrons. The predicted molar refractivity (Wildman–Crippen MR) is 73.5 cm³/mol. The number of nitrogens with two attached hydrogens (primary N) is 1. The van der Waals surface area contributed by atoms with Crippen LogP contribution in [-0.4, -0.2) is 18.4 Å². The largest absolute Gasteiger partial charge is 0.320 e. The van der Waals surface area contributed by atoms with Gasteiger partial charge in [-0.3, -0.25) is 14.5 Å². The number of carbonyl (C=O) groups excluding carboxylic acids is 2. The number of carbonyl (C=O) groups is 2. The minimum atomic E-state index is -0.136. The zero-order chi connectivity index (χ0) is 13.8. The van der Waals surface area contributed by atoms with E-state index < -0.39 is 0 Å². The average Bonchev–Trinajstić information content (AvgIpc) is 2.39. The van der Waals surface area contributed by atoms with Crippen LogP contribution < -0.4 is 10.6 Å². The quantitative estimate of drug-likeness (QED) is 0.609. The lowest BCUT2D eigenvalue weighted by atomic mass is 10.0. The fourth-order valence-corrected chi connectivity index (χ4v) is 2.10. The maximum atomic E-state index is 11.9. The Balaban J connectivity index is 2.42. The Labute approximate surface area is 112 Å². The van der Waals surface area contributed by atoms with Gasteiger partial charge >= 0.3 is 0 Å². The summed E-state index contributed by atoms with van der Waals surface area (Å²) in [6.45, 7) is 2.16. The van der Waals surface area contributed by atoms with Crippen molar-refractivity contribution < 1.29 is 9.59 Å². The molecule has 0 spiro atoms. The van der Waals surface area contributed by atoms with Gasteiger partial charge in [-0.2, -0.15) is 0 Å². The van der Waals surface area contributed by atoms with Crippen LogP contribution in [0.15, 0.2) is 18.2 Å². The Morgan fingerprint density at radius 1 is 1.26 bits per heavy atom. The molecular weight excluding hydrogens is 240 g/mol. The summed E-state index contributed by atoms with van der Waals surface area (Å²) in [7, 11) is 0. The summed E-state index contributed by atoms with van der Waals surface area (Å²) >= 11 is 0. The second-order valence-corrected chi connectivity index (χ2v) is 4.48. The van der Waals surface area contributed by atoms with E-state index in [0.29, 0.717) is 24.9 Å². The first-order valence-corrected chi connectivity index (χ1v) is 6.29. The molecule has 1 aliphatic rings. The van der Waals surface area contributed by atoms with E-state index in [-0.39, 0.29) is 18.4 Å². The summed E-state index contributed by atoms with van der Waals surface area (Å²) in [6, 6.07) is 5.50. The lowest BCUT2D eigenvalue weighted by Gasteiger charge is -2.26. The molecule has 0 atom stereocenters. The summed E-state index contributed by atoms with van der Waals surface area (Å²) < 4.78 is 0. The molecule has 0 aliphatic carbocycles. The standard InChI is InChI=1S/C15H16N2O2/c1-11-7-8-12(4-3-9-16)10-13(11)17-14(18)5-2-6-15(17)19/h7-8,10H,2,5-6,9,16H2,1H3. The van der Waals surface area contributed by atoms with Gasteiger partial charge in [0, 0.05) is 18.4 Å². The summed E-state index contributed by atoms with van der Waals surface area (Å²) in [5, 5.41) is 0. The summed E-state index contributed by atoms with van der Waals surface area (Å²) in [4.78, 5) is 25.1. The van der Waals surface area contributed by atoms with Gasteiger partial charge in [-0.05, 0) is 31.0 Å². The first-order chi connectivity index (χ1) is 9.13. The molecule has 0 aromatic heterocycles. The van der Waals surface area contributed by atoms with E-state index in [9.17, 15) is 9.59 Å². The SMILES string of the molecule is Cc1ccc(C#CCN)cc1N1C(=O)CCCC1=O. The second kappa shape index (κ2) is 5.68. The molecule has 1 aromatic rings. The zero-order valence-corrected chi connectivity index (χ0v) is 10.9. The number of piperidine rings is 1. The third kappa shape index (κ3) is 2.83. The highest BCUT2D eigenvalue weighted by atomic mass is 16.2. The molecule has 19 heavy (non-hydrogen) atoms. The molecular formula is C15H16N2O2. The molecule has 2 N–H and O–H groups in total. The van der Waals surface area contributed by atoms with E-state index in [4.69, 9.17) is 5.73 Å². The van der Waals surface area contributed by atoms with Crippen LogP contribution in [0.25, 0.3) is 0 Å². The molecule has 1 saturated heterocycles. The number of benzene rings is 1. The number of nitrogens with zero attached hydrogens (tertiary/aromatic N) is 1. The molecule has 0 saturated carbocycles. The van der Waals surface area contributed by atoms with Crippen LogP contribution in [-0.2, 0) is 9.59 Å². The Kier molecular flexibility index (Phi) is 3.98. The van der Waals surface area contributed by atoms with Crippen LogP contribution in [0.4, 0.5) is 5.69 Å². The Morgan fingerprint density at radius 3 is 2.58 bits per heavy atom. The second-order valence-electron chi connectivity index (χ2n) is 4.48. The molecule has 1 aromatic carbocycles. The number of hydrogen-bond acceptors (Lipinski definition) is 3. The van der Waals surface area contributed by atoms with Crippen LogP contribution in [0.1, 0.15) is 30.4 Å². The predicted octanol–water partition coefficient (Wildman–Crippen LogP) is 1.35. The Morgan fingerprint density at radius 2 is 1.95 bits per heavy atom. The third-order valence-electron chi connectivity index (χ3n) is 3.06. The van der Waals surface area contributed by atoms with Crippen molar-refractivity contribution in [1.82, 2.24) is 0 Å². The monoisotopic (exact) mass is 256 g/mol. The van der Waals surface area contributed by atoms with Gasteiger partial charge in [0.05, 0.1) is 12.2 Å². The van der Waals surface area contributed by atoms with Gasteiger partial charge < -0.3 is 5.73 Å². The molecule has 4 nitrogen and oxygen atoms in total. The van der Waals surface area contributed by atoms with Gasteiger partial charge in [0.15, 0.2) is 0 Å². The minimum absolute atomic E-state index is 0.136. The van der Waals surface area contributed by atoms with E-state index in [0.717, 1.165) is 11.1 Å². The number of amides is 2. The number of imide groups is 1. The molecule has 0 bridgehead atoms. The fourth-order valence-electron chi connectivity index (χ4n) is 2.10. The van der Waals surface area contributed by atoms with Gasteiger partial charge in [-0.25, -0.2) is 0 Å². The lowest BCUT2D eigenvalue weighted by Crippen LogP contribution is -2.40. The van der Waals surface area contributed by atoms with Crippen LogP contribution in [0, 0.1) is 18.8 Å². The molecule has 0 radical (unpaired) electrons. The van der Waals surface area contributed by atoms with Crippen molar-refractivity contribution in [2.24, 2.45) is 5.73 Å². The van der Waals surface area contributed by atoms with E-state index >= 15 is 0 Å². The smallest absolute Gasteiger partial charge is 0.233 e. The maximum Gasteiger partial charge on any atom is 0.233 e. The maximum absolute atomic E-state index is 11.9. The summed E-state index contributed by atoms with van der Waals surface area (Å²) in [5.74, 6) is 5.41. The lowest BCUT2D eigenvalue weighted by molar-refractivity contribution is -0.129. The molecule has 4 heteroatoms.